The number of rotatable bonds is 1. The van der Waals surface area contributed by atoms with Crippen molar-refractivity contribution in [3.63, 3.8) is 0 Å². The zero-order valence-electron chi connectivity index (χ0n) is 6.24. The second kappa shape index (κ2) is 3.57. The van der Waals surface area contributed by atoms with Crippen LogP contribution in [-0.2, 0) is 0 Å². The van der Waals surface area contributed by atoms with Gasteiger partial charge in [0.1, 0.15) is 0 Å². The van der Waals surface area contributed by atoms with Crippen molar-refractivity contribution in [3.8, 4) is 6.19 Å². The fraction of sp³-hybridized carbons (Fsp3) is 0.143. The standard InChI is InChI=1S/C7H5ClN2OS/c1-10(4-9)7(11)6-2-5(8)3-12-6/h2-3H,1H3. The van der Waals surface area contributed by atoms with E-state index in [2.05, 4.69) is 0 Å². The molecular formula is C7H5ClN2OS. The average molecular weight is 201 g/mol. The van der Waals surface area contributed by atoms with Crippen molar-refractivity contribution in [2.75, 3.05) is 7.05 Å². The summed E-state index contributed by atoms with van der Waals surface area (Å²) in [6.45, 7) is 0. The van der Waals surface area contributed by atoms with E-state index in [1.165, 1.54) is 18.4 Å². The van der Waals surface area contributed by atoms with Crippen LogP contribution in [0.2, 0.25) is 5.02 Å². The first-order chi connectivity index (χ1) is 5.65. The molecule has 0 aliphatic carbocycles. The lowest BCUT2D eigenvalue weighted by Crippen LogP contribution is -2.19. The van der Waals surface area contributed by atoms with Gasteiger partial charge in [-0.15, -0.1) is 11.3 Å². The van der Waals surface area contributed by atoms with Crippen LogP contribution in [0.15, 0.2) is 11.4 Å². The van der Waals surface area contributed by atoms with Crippen molar-refractivity contribution < 1.29 is 4.79 Å². The van der Waals surface area contributed by atoms with E-state index in [9.17, 15) is 4.79 Å². The summed E-state index contributed by atoms with van der Waals surface area (Å²) >= 11 is 6.84. The predicted octanol–water partition coefficient (Wildman–Crippen LogP) is 1.95. The van der Waals surface area contributed by atoms with Gasteiger partial charge < -0.3 is 0 Å². The van der Waals surface area contributed by atoms with E-state index in [1.807, 2.05) is 0 Å². The summed E-state index contributed by atoms with van der Waals surface area (Å²) in [5.41, 5.74) is 0. The Labute approximate surface area is 78.8 Å². The van der Waals surface area contributed by atoms with Gasteiger partial charge in [-0.25, -0.2) is 4.90 Å². The highest BCUT2D eigenvalue weighted by molar-refractivity contribution is 7.12. The molecule has 1 heterocycles. The lowest BCUT2D eigenvalue weighted by atomic mass is 10.4. The fourth-order valence-corrected chi connectivity index (χ4v) is 1.68. The molecule has 1 aromatic rings. The first kappa shape index (κ1) is 9.04. The minimum atomic E-state index is -0.325. The number of amides is 1. The van der Waals surface area contributed by atoms with Gasteiger partial charge in [0.25, 0.3) is 5.91 Å². The van der Waals surface area contributed by atoms with Crippen molar-refractivity contribution in [2.24, 2.45) is 0 Å². The summed E-state index contributed by atoms with van der Waals surface area (Å²) in [5.74, 6) is -0.325. The second-order valence-electron chi connectivity index (χ2n) is 2.09. The number of hydrogen-bond acceptors (Lipinski definition) is 3. The molecule has 62 valence electrons. The molecule has 0 unspecified atom stereocenters. The Bertz CT molecular complexity index is 341. The Morgan fingerprint density at radius 1 is 1.83 bits per heavy atom. The molecule has 1 amide bonds. The number of carbonyl (C=O) groups excluding carboxylic acids is 1. The van der Waals surface area contributed by atoms with Crippen molar-refractivity contribution >= 4 is 28.8 Å². The number of hydrogen-bond donors (Lipinski definition) is 0. The Kier molecular flexibility index (Phi) is 2.69. The highest BCUT2D eigenvalue weighted by atomic mass is 35.5. The van der Waals surface area contributed by atoms with Crippen LogP contribution in [0, 0.1) is 11.5 Å². The van der Waals surface area contributed by atoms with Crippen LogP contribution < -0.4 is 0 Å². The topological polar surface area (TPSA) is 44.1 Å². The van der Waals surface area contributed by atoms with Crippen LogP contribution in [0.4, 0.5) is 0 Å². The summed E-state index contributed by atoms with van der Waals surface area (Å²) in [6.07, 6.45) is 1.72. The van der Waals surface area contributed by atoms with Crippen molar-refractivity contribution in [3.05, 3.63) is 21.3 Å². The smallest absolute Gasteiger partial charge is 0.267 e. The second-order valence-corrected chi connectivity index (χ2v) is 3.44. The SMILES string of the molecule is CN(C#N)C(=O)c1cc(Cl)cs1. The molecule has 0 N–H and O–H groups in total. The van der Waals surface area contributed by atoms with Crippen molar-refractivity contribution in [1.82, 2.24) is 4.90 Å². The lowest BCUT2D eigenvalue weighted by Gasteiger charge is -2.02. The van der Waals surface area contributed by atoms with Gasteiger partial charge >= 0.3 is 0 Å². The van der Waals surface area contributed by atoms with Gasteiger partial charge in [0, 0.05) is 12.4 Å². The molecule has 0 aliphatic rings. The summed E-state index contributed by atoms with van der Waals surface area (Å²) in [4.78, 5) is 12.7. The van der Waals surface area contributed by atoms with Gasteiger partial charge in [-0.2, -0.15) is 5.26 Å². The summed E-state index contributed by atoms with van der Waals surface area (Å²) < 4.78 is 0. The maximum absolute atomic E-state index is 11.2. The first-order valence-corrected chi connectivity index (χ1v) is 4.32. The molecule has 1 aromatic heterocycles. The van der Waals surface area contributed by atoms with Crippen LogP contribution in [0.1, 0.15) is 9.67 Å². The van der Waals surface area contributed by atoms with Gasteiger partial charge in [0.05, 0.1) is 9.90 Å². The van der Waals surface area contributed by atoms with E-state index in [0.29, 0.717) is 9.90 Å². The summed E-state index contributed by atoms with van der Waals surface area (Å²) in [7, 11) is 1.41. The van der Waals surface area contributed by atoms with Crippen LogP contribution >= 0.6 is 22.9 Å². The van der Waals surface area contributed by atoms with Gasteiger partial charge in [0.2, 0.25) is 0 Å². The number of nitrogens with zero attached hydrogens (tertiary/aromatic N) is 2. The minimum absolute atomic E-state index is 0.325. The Hall–Kier alpha value is -1.05. The number of halogens is 1. The van der Waals surface area contributed by atoms with Gasteiger partial charge in [0.15, 0.2) is 6.19 Å². The molecule has 1 rings (SSSR count). The van der Waals surface area contributed by atoms with E-state index >= 15 is 0 Å². The van der Waals surface area contributed by atoms with E-state index in [0.717, 1.165) is 4.90 Å². The van der Waals surface area contributed by atoms with E-state index in [4.69, 9.17) is 16.9 Å². The molecule has 0 fully saturated rings. The van der Waals surface area contributed by atoms with Crippen LogP contribution in [0.5, 0.6) is 0 Å². The fourth-order valence-electron chi connectivity index (χ4n) is 0.636. The monoisotopic (exact) mass is 200 g/mol. The maximum Gasteiger partial charge on any atom is 0.276 e. The molecule has 0 saturated carbocycles. The van der Waals surface area contributed by atoms with Gasteiger partial charge in [-0.05, 0) is 6.07 Å². The van der Waals surface area contributed by atoms with E-state index < -0.39 is 0 Å². The van der Waals surface area contributed by atoms with E-state index in [1.54, 1.807) is 17.6 Å². The number of thiophene rings is 1. The minimum Gasteiger partial charge on any atom is -0.267 e. The Balaban J connectivity index is 2.87. The van der Waals surface area contributed by atoms with Gasteiger partial charge in [-0.1, -0.05) is 11.6 Å². The number of carbonyl (C=O) groups is 1. The third-order valence-corrected chi connectivity index (χ3v) is 2.50. The third kappa shape index (κ3) is 1.76. The van der Waals surface area contributed by atoms with Crippen molar-refractivity contribution in [2.45, 2.75) is 0 Å². The van der Waals surface area contributed by atoms with Gasteiger partial charge in [-0.3, -0.25) is 4.79 Å². The maximum atomic E-state index is 11.2. The molecule has 0 aromatic carbocycles. The van der Waals surface area contributed by atoms with Crippen LogP contribution in [0.25, 0.3) is 0 Å². The first-order valence-electron chi connectivity index (χ1n) is 3.07. The molecule has 12 heavy (non-hydrogen) atoms. The Morgan fingerprint density at radius 2 is 2.50 bits per heavy atom. The molecular weight excluding hydrogens is 196 g/mol. The van der Waals surface area contributed by atoms with Crippen LogP contribution in [0.3, 0.4) is 0 Å². The zero-order valence-corrected chi connectivity index (χ0v) is 7.82. The highest BCUT2D eigenvalue weighted by Crippen LogP contribution is 2.19. The third-order valence-electron chi connectivity index (χ3n) is 1.23. The van der Waals surface area contributed by atoms with E-state index in [-0.39, 0.29) is 5.91 Å². The molecule has 5 heteroatoms. The molecule has 0 bridgehead atoms. The molecule has 0 saturated heterocycles. The van der Waals surface area contributed by atoms with Crippen LogP contribution in [-0.4, -0.2) is 17.9 Å². The summed E-state index contributed by atoms with van der Waals surface area (Å²) in [5, 5.41) is 10.6. The van der Waals surface area contributed by atoms with Crippen molar-refractivity contribution in [1.29, 1.82) is 5.26 Å². The molecule has 3 nitrogen and oxygen atoms in total. The normalized spacial score (nSPS) is 9.08. The summed E-state index contributed by atoms with van der Waals surface area (Å²) in [6, 6.07) is 1.54. The lowest BCUT2D eigenvalue weighted by molar-refractivity contribution is 0.0863. The zero-order chi connectivity index (χ0) is 9.14. The molecule has 0 radical (unpaired) electrons. The number of nitriles is 1. The predicted molar refractivity (Wildman–Crippen MR) is 47.0 cm³/mol. The Morgan fingerprint density at radius 3 is 2.92 bits per heavy atom. The largest absolute Gasteiger partial charge is 0.276 e. The molecule has 0 spiro atoms. The quantitative estimate of drug-likeness (QED) is 0.514. The highest BCUT2D eigenvalue weighted by Gasteiger charge is 2.12. The average Bonchev–Trinajstić information content (AvgIpc) is 2.49. The molecule has 0 atom stereocenters. The molecule has 0 aliphatic heterocycles.